The minimum atomic E-state index is 0.137. The monoisotopic (exact) mass is 357 g/mol. The van der Waals surface area contributed by atoms with Crippen LogP contribution in [-0.4, -0.2) is 66.9 Å². The third-order valence-electron chi connectivity index (χ3n) is 6.66. The molecular weight excluding hydrogens is 322 g/mol. The van der Waals surface area contributed by atoms with Crippen molar-refractivity contribution in [2.75, 3.05) is 46.3 Å². The van der Waals surface area contributed by atoms with Crippen molar-refractivity contribution in [3.05, 3.63) is 35.9 Å². The zero-order valence-electron chi connectivity index (χ0n) is 16.8. The van der Waals surface area contributed by atoms with Gasteiger partial charge in [-0.15, -0.1) is 0 Å². The zero-order valence-corrected chi connectivity index (χ0v) is 16.8. The fourth-order valence-electron chi connectivity index (χ4n) is 4.78. The summed E-state index contributed by atoms with van der Waals surface area (Å²) in [5, 5.41) is 0. The van der Waals surface area contributed by atoms with E-state index < -0.39 is 0 Å². The number of carbonyl (C=O) groups is 1. The summed E-state index contributed by atoms with van der Waals surface area (Å²) in [6.45, 7) is 10.3. The van der Waals surface area contributed by atoms with Crippen LogP contribution in [0.15, 0.2) is 30.3 Å². The van der Waals surface area contributed by atoms with Gasteiger partial charge in [0.2, 0.25) is 5.91 Å². The number of rotatable bonds is 5. The molecule has 0 saturated carbocycles. The Morgan fingerprint density at radius 2 is 1.54 bits per heavy atom. The largest absolute Gasteiger partial charge is 0.340 e. The molecule has 4 nitrogen and oxygen atoms in total. The lowest BCUT2D eigenvalue weighted by atomic mass is 9.79. The molecule has 3 rings (SSSR count). The summed E-state index contributed by atoms with van der Waals surface area (Å²) in [6.07, 6.45) is 4.26. The summed E-state index contributed by atoms with van der Waals surface area (Å²) in [7, 11) is 2.22. The molecule has 0 atom stereocenters. The van der Waals surface area contributed by atoms with Crippen LogP contribution >= 0.6 is 0 Å². The van der Waals surface area contributed by atoms with Crippen LogP contribution in [0.3, 0.4) is 0 Å². The van der Waals surface area contributed by atoms with Gasteiger partial charge in [-0.05, 0) is 51.4 Å². The Bertz CT molecular complexity index is 568. The standard InChI is InChI=1S/C22H35N3O/c1-4-19(5-2)21(26)24-15-17-25(18-16-24)22(11-13-23(3)14-12-22)20-9-7-6-8-10-20/h6-10,19H,4-5,11-18H2,1-3H3. The number of nitrogens with zero attached hydrogens (tertiary/aromatic N) is 3. The summed E-state index contributed by atoms with van der Waals surface area (Å²) in [6, 6.07) is 11.0. The highest BCUT2D eigenvalue weighted by molar-refractivity contribution is 5.78. The lowest BCUT2D eigenvalue weighted by Gasteiger charge is -2.51. The average Bonchev–Trinajstić information content (AvgIpc) is 2.70. The highest BCUT2D eigenvalue weighted by Gasteiger charge is 2.42. The van der Waals surface area contributed by atoms with Gasteiger partial charge in [0.25, 0.3) is 0 Å². The summed E-state index contributed by atoms with van der Waals surface area (Å²) in [4.78, 5) is 20.0. The second-order valence-corrected chi connectivity index (χ2v) is 8.03. The minimum absolute atomic E-state index is 0.137. The van der Waals surface area contributed by atoms with E-state index >= 15 is 0 Å². The van der Waals surface area contributed by atoms with E-state index in [9.17, 15) is 4.79 Å². The first kappa shape index (κ1) is 19.4. The van der Waals surface area contributed by atoms with Crippen LogP contribution in [0.2, 0.25) is 0 Å². The quantitative estimate of drug-likeness (QED) is 0.810. The van der Waals surface area contributed by atoms with Crippen molar-refractivity contribution in [3.8, 4) is 0 Å². The number of piperidine rings is 1. The highest BCUT2D eigenvalue weighted by atomic mass is 16.2. The van der Waals surface area contributed by atoms with E-state index in [0.29, 0.717) is 5.91 Å². The van der Waals surface area contributed by atoms with E-state index in [4.69, 9.17) is 0 Å². The van der Waals surface area contributed by atoms with Crippen molar-refractivity contribution in [3.63, 3.8) is 0 Å². The molecule has 0 bridgehead atoms. The van der Waals surface area contributed by atoms with Crippen molar-refractivity contribution in [1.29, 1.82) is 0 Å². The van der Waals surface area contributed by atoms with E-state index in [1.165, 1.54) is 18.4 Å². The van der Waals surface area contributed by atoms with Gasteiger partial charge in [-0.1, -0.05) is 44.2 Å². The van der Waals surface area contributed by atoms with Crippen LogP contribution in [0.5, 0.6) is 0 Å². The second-order valence-electron chi connectivity index (χ2n) is 8.03. The van der Waals surface area contributed by atoms with Crippen LogP contribution in [0.1, 0.15) is 45.1 Å². The molecule has 0 aliphatic carbocycles. The van der Waals surface area contributed by atoms with E-state index in [1.54, 1.807) is 0 Å². The second kappa shape index (κ2) is 8.53. The molecule has 26 heavy (non-hydrogen) atoms. The number of hydrogen-bond acceptors (Lipinski definition) is 3. The van der Waals surface area contributed by atoms with Crippen molar-refractivity contribution in [2.24, 2.45) is 5.92 Å². The summed E-state index contributed by atoms with van der Waals surface area (Å²) < 4.78 is 0. The molecule has 2 heterocycles. The fraction of sp³-hybridized carbons (Fsp3) is 0.682. The Balaban J connectivity index is 1.73. The maximum absolute atomic E-state index is 12.7. The van der Waals surface area contributed by atoms with Crippen LogP contribution in [0, 0.1) is 5.92 Å². The molecule has 1 aromatic carbocycles. The summed E-state index contributed by atoms with van der Waals surface area (Å²) in [5.74, 6) is 0.569. The van der Waals surface area contributed by atoms with Gasteiger partial charge in [0.05, 0.1) is 0 Å². The smallest absolute Gasteiger partial charge is 0.225 e. The van der Waals surface area contributed by atoms with E-state index in [1.807, 2.05) is 0 Å². The number of carbonyl (C=O) groups excluding carboxylic acids is 1. The number of hydrogen-bond donors (Lipinski definition) is 0. The molecule has 0 aromatic heterocycles. The Labute approximate surface area is 159 Å². The van der Waals surface area contributed by atoms with Crippen molar-refractivity contribution in [1.82, 2.24) is 14.7 Å². The highest BCUT2D eigenvalue weighted by Crippen LogP contribution is 2.39. The van der Waals surface area contributed by atoms with Gasteiger partial charge in [0.1, 0.15) is 0 Å². The number of piperazine rings is 1. The van der Waals surface area contributed by atoms with Gasteiger partial charge in [-0.25, -0.2) is 0 Å². The maximum Gasteiger partial charge on any atom is 0.225 e. The Morgan fingerprint density at radius 3 is 2.08 bits per heavy atom. The predicted octanol–water partition coefficient (Wildman–Crippen LogP) is 3.19. The Hall–Kier alpha value is -1.39. The lowest BCUT2D eigenvalue weighted by molar-refractivity contribution is -0.139. The van der Waals surface area contributed by atoms with E-state index in [2.05, 4.69) is 65.9 Å². The molecule has 4 heteroatoms. The van der Waals surface area contributed by atoms with Crippen LogP contribution < -0.4 is 0 Å². The lowest BCUT2D eigenvalue weighted by Crippen LogP contribution is -2.59. The molecule has 0 spiro atoms. The van der Waals surface area contributed by atoms with Gasteiger partial charge in [-0.2, -0.15) is 0 Å². The third kappa shape index (κ3) is 3.81. The minimum Gasteiger partial charge on any atom is -0.340 e. The van der Waals surface area contributed by atoms with Crippen LogP contribution in [-0.2, 0) is 10.3 Å². The van der Waals surface area contributed by atoms with Gasteiger partial charge >= 0.3 is 0 Å². The van der Waals surface area contributed by atoms with Crippen LogP contribution in [0.25, 0.3) is 0 Å². The van der Waals surface area contributed by atoms with Gasteiger partial charge in [0.15, 0.2) is 0 Å². The predicted molar refractivity (Wildman–Crippen MR) is 107 cm³/mol. The van der Waals surface area contributed by atoms with Gasteiger partial charge in [0, 0.05) is 37.6 Å². The molecule has 1 aromatic rings. The molecule has 0 radical (unpaired) electrons. The number of amides is 1. The number of benzene rings is 1. The fourth-order valence-corrected chi connectivity index (χ4v) is 4.78. The molecule has 0 unspecified atom stereocenters. The van der Waals surface area contributed by atoms with Crippen LogP contribution in [0.4, 0.5) is 0 Å². The van der Waals surface area contributed by atoms with E-state index in [0.717, 1.165) is 52.1 Å². The molecule has 2 fully saturated rings. The Kier molecular flexibility index (Phi) is 6.36. The number of likely N-dealkylation sites (tertiary alicyclic amines) is 1. The summed E-state index contributed by atoms with van der Waals surface area (Å²) in [5.41, 5.74) is 1.59. The summed E-state index contributed by atoms with van der Waals surface area (Å²) >= 11 is 0. The first-order valence-corrected chi connectivity index (χ1v) is 10.4. The van der Waals surface area contributed by atoms with Crippen molar-refractivity contribution >= 4 is 5.91 Å². The molecule has 1 amide bonds. The average molecular weight is 358 g/mol. The molecule has 2 aliphatic rings. The molecule has 0 N–H and O–H groups in total. The first-order valence-electron chi connectivity index (χ1n) is 10.4. The molecule has 2 saturated heterocycles. The van der Waals surface area contributed by atoms with Gasteiger partial charge in [-0.3, -0.25) is 9.69 Å². The van der Waals surface area contributed by atoms with E-state index in [-0.39, 0.29) is 11.5 Å². The first-order chi connectivity index (χ1) is 12.6. The molecular formula is C22H35N3O. The van der Waals surface area contributed by atoms with Crippen molar-refractivity contribution < 1.29 is 4.79 Å². The maximum atomic E-state index is 12.7. The third-order valence-corrected chi connectivity index (χ3v) is 6.66. The SMILES string of the molecule is CCC(CC)C(=O)N1CCN(C2(c3ccccc3)CCN(C)CC2)CC1. The zero-order chi connectivity index (χ0) is 18.6. The van der Waals surface area contributed by atoms with Gasteiger partial charge < -0.3 is 9.80 Å². The normalized spacial score (nSPS) is 21.9. The topological polar surface area (TPSA) is 26.8 Å². The Morgan fingerprint density at radius 1 is 0.962 bits per heavy atom. The molecule has 2 aliphatic heterocycles. The molecule has 144 valence electrons. The van der Waals surface area contributed by atoms with Crippen molar-refractivity contribution in [2.45, 2.75) is 45.1 Å².